The Balaban J connectivity index is 1.70. The average Bonchev–Trinajstić information content (AvgIpc) is 2.97. The van der Waals surface area contributed by atoms with E-state index in [1.54, 1.807) is 6.20 Å². The van der Waals surface area contributed by atoms with Gasteiger partial charge in [0, 0.05) is 29.9 Å². The van der Waals surface area contributed by atoms with Gasteiger partial charge in [-0.05, 0) is 40.5 Å². The molecule has 3 heterocycles. The predicted molar refractivity (Wildman–Crippen MR) is 112 cm³/mol. The van der Waals surface area contributed by atoms with Crippen molar-refractivity contribution in [2.24, 2.45) is 5.41 Å². The Morgan fingerprint density at radius 1 is 1.45 bits per heavy atom. The van der Waals surface area contributed by atoms with Gasteiger partial charge in [0.05, 0.1) is 32.1 Å². The second-order valence-corrected chi connectivity index (χ2v) is 11.1. The van der Waals surface area contributed by atoms with Gasteiger partial charge in [-0.2, -0.15) is 0 Å². The van der Waals surface area contributed by atoms with Crippen molar-refractivity contribution in [1.29, 1.82) is 0 Å². The number of aromatic nitrogens is 2. The molecule has 2 aliphatic rings. The largest absolute Gasteiger partial charge is 0.598 e. The molecule has 1 N–H and O–H groups in total. The number of anilines is 1. The van der Waals surface area contributed by atoms with Gasteiger partial charge in [-0.3, -0.25) is 0 Å². The highest BCUT2D eigenvalue weighted by Gasteiger charge is 2.52. The Kier molecular flexibility index (Phi) is 6.65. The number of hydrogen-bond acceptors (Lipinski definition) is 8. The van der Waals surface area contributed by atoms with Crippen molar-refractivity contribution in [2.45, 2.75) is 57.4 Å². The number of nitrogens with zero attached hydrogens (tertiary/aromatic N) is 3. The highest BCUT2D eigenvalue weighted by atomic mass is 35.5. The second-order valence-electron chi connectivity index (χ2n) is 8.70. The third kappa shape index (κ3) is 4.64. The molecule has 0 amide bonds. The maximum atomic E-state index is 12.7. The topological polar surface area (TPSA) is 99.6 Å². The van der Waals surface area contributed by atoms with Gasteiger partial charge in [-0.1, -0.05) is 11.6 Å². The van der Waals surface area contributed by atoms with Crippen LogP contribution in [0.15, 0.2) is 6.20 Å². The van der Waals surface area contributed by atoms with E-state index in [2.05, 4.69) is 24.3 Å². The summed E-state index contributed by atoms with van der Waals surface area (Å²) in [5, 5.41) is 0.0348. The van der Waals surface area contributed by atoms with E-state index >= 15 is 0 Å². The summed E-state index contributed by atoms with van der Waals surface area (Å²) in [7, 11) is 1.28. The van der Waals surface area contributed by atoms with Crippen molar-refractivity contribution in [1.82, 2.24) is 14.7 Å². The van der Waals surface area contributed by atoms with E-state index in [9.17, 15) is 9.35 Å². The molecule has 1 unspecified atom stereocenters. The zero-order valence-electron chi connectivity index (χ0n) is 17.5. The SMILES string of the molecule is COC(=O)c1ncc(N2CCC3(CC2)CO[C@@H](C)[C@H]3N[S+]([O-])C(C)(C)C)nc1Cl. The number of piperidine rings is 1. The van der Waals surface area contributed by atoms with Gasteiger partial charge in [-0.25, -0.2) is 14.8 Å². The summed E-state index contributed by atoms with van der Waals surface area (Å²) in [6, 6.07) is 0.0288. The molecule has 1 spiro atoms. The lowest BCUT2D eigenvalue weighted by Gasteiger charge is -2.43. The lowest BCUT2D eigenvalue weighted by atomic mass is 9.73. The summed E-state index contributed by atoms with van der Waals surface area (Å²) in [6.45, 7) is 10.1. The number of hydrogen-bond donors (Lipinski definition) is 1. The van der Waals surface area contributed by atoms with Gasteiger partial charge in [0.25, 0.3) is 0 Å². The summed E-state index contributed by atoms with van der Waals surface area (Å²) in [5.41, 5.74) is -0.0571. The smallest absolute Gasteiger partial charge is 0.359 e. The molecule has 0 radical (unpaired) electrons. The Labute approximate surface area is 180 Å². The lowest BCUT2D eigenvalue weighted by molar-refractivity contribution is 0.0593. The zero-order valence-corrected chi connectivity index (χ0v) is 19.1. The Hall–Kier alpha value is -1.13. The summed E-state index contributed by atoms with van der Waals surface area (Å²) in [4.78, 5) is 22.2. The van der Waals surface area contributed by atoms with Crippen LogP contribution in [-0.4, -0.2) is 64.2 Å². The van der Waals surface area contributed by atoms with Crippen LogP contribution in [0.3, 0.4) is 0 Å². The molecule has 162 valence electrons. The first-order valence-electron chi connectivity index (χ1n) is 9.73. The summed E-state index contributed by atoms with van der Waals surface area (Å²) < 4.78 is 26.3. The number of halogens is 1. The molecule has 0 aliphatic carbocycles. The minimum absolute atomic E-state index is 0.00132. The molecule has 1 aromatic rings. The summed E-state index contributed by atoms with van der Waals surface area (Å²) in [6.07, 6.45) is 3.29. The van der Waals surface area contributed by atoms with E-state index in [-0.39, 0.29) is 33.2 Å². The van der Waals surface area contributed by atoms with Crippen LogP contribution in [0.2, 0.25) is 5.15 Å². The monoisotopic (exact) mass is 444 g/mol. The number of ether oxygens (including phenoxy) is 2. The number of nitrogens with one attached hydrogen (secondary N) is 1. The van der Waals surface area contributed by atoms with Gasteiger partial charge in [0.2, 0.25) is 0 Å². The van der Waals surface area contributed by atoms with Gasteiger partial charge < -0.3 is 18.9 Å². The maximum Gasteiger partial charge on any atom is 0.359 e. The van der Waals surface area contributed by atoms with Gasteiger partial charge >= 0.3 is 5.97 Å². The average molecular weight is 445 g/mol. The van der Waals surface area contributed by atoms with Crippen molar-refractivity contribution < 1.29 is 18.8 Å². The molecule has 2 saturated heterocycles. The van der Waals surface area contributed by atoms with Gasteiger partial charge in [-0.15, -0.1) is 4.72 Å². The molecule has 29 heavy (non-hydrogen) atoms. The Morgan fingerprint density at radius 2 is 2.10 bits per heavy atom. The molecule has 0 saturated carbocycles. The zero-order chi connectivity index (χ0) is 21.4. The van der Waals surface area contributed by atoms with Crippen LogP contribution < -0.4 is 9.62 Å². The molecule has 2 fully saturated rings. The van der Waals surface area contributed by atoms with Gasteiger partial charge in [0.15, 0.2) is 10.8 Å². The number of carbonyl (C=O) groups excluding carboxylic acids is 1. The highest BCUT2D eigenvalue weighted by molar-refractivity contribution is 7.90. The molecule has 0 bridgehead atoms. The van der Waals surface area contributed by atoms with E-state index in [4.69, 9.17) is 16.3 Å². The molecule has 3 atom stereocenters. The second kappa shape index (κ2) is 8.55. The fourth-order valence-electron chi connectivity index (χ4n) is 3.87. The van der Waals surface area contributed by atoms with Crippen LogP contribution in [0.5, 0.6) is 0 Å². The van der Waals surface area contributed by atoms with Crippen molar-refractivity contribution in [3.8, 4) is 0 Å². The van der Waals surface area contributed by atoms with Crippen LogP contribution in [-0.2, 0) is 20.8 Å². The molecular weight excluding hydrogens is 416 g/mol. The van der Waals surface area contributed by atoms with Gasteiger partial charge in [0.1, 0.15) is 10.6 Å². The van der Waals surface area contributed by atoms with Crippen molar-refractivity contribution in [3.63, 3.8) is 0 Å². The molecule has 2 aliphatic heterocycles. The van der Waals surface area contributed by atoms with E-state index in [0.29, 0.717) is 12.4 Å². The quantitative estimate of drug-likeness (QED) is 0.558. The van der Waals surface area contributed by atoms with E-state index < -0.39 is 17.3 Å². The first-order valence-corrected chi connectivity index (χ1v) is 11.3. The summed E-state index contributed by atoms with van der Waals surface area (Å²) >= 11 is 4.96. The van der Waals surface area contributed by atoms with Crippen molar-refractivity contribution in [2.75, 3.05) is 31.7 Å². The number of rotatable bonds is 4. The predicted octanol–water partition coefficient (Wildman–Crippen LogP) is 2.34. The number of carbonyl (C=O) groups is 1. The fourth-order valence-corrected chi connectivity index (χ4v) is 5.11. The van der Waals surface area contributed by atoms with E-state index in [0.717, 1.165) is 25.9 Å². The van der Waals surface area contributed by atoms with Crippen LogP contribution in [0.4, 0.5) is 5.82 Å². The maximum absolute atomic E-state index is 12.7. The first kappa shape index (κ1) is 22.6. The minimum atomic E-state index is -1.16. The molecule has 8 nitrogen and oxygen atoms in total. The molecule has 3 rings (SSSR count). The standard InChI is InChI=1S/C19H29ClN4O4S/c1-12-15(23-29(26)18(2,3)4)19(11-28-12)6-8-24(9-7-19)13-10-21-14(16(20)22-13)17(25)27-5/h10,12,15,23H,6-9,11H2,1-5H3/t12-,15+,29?/m0/s1. The first-order chi connectivity index (χ1) is 13.6. The number of esters is 1. The van der Waals surface area contributed by atoms with Crippen molar-refractivity contribution >= 4 is 34.8 Å². The molecule has 0 aromatic carbocycles. The van der Waals surface area contributed by atoms with Crippen LogP contribution in [0, 0.1) is 5.41 Å². The molecular formula is C19H29ClN4O4S. The Bertz CT molecular complexity index is 752. The third-order valence-corrected chi connectivity index (χ3v) is 7.58. The van der Waals surface area contributed by atoms with Crippen molar-refractivity contribution in [3.05, 3.63) is 17.0 Å². The summed E-state index contributed by atoms with van der Waals surface area (Å²) in [5.74, 6) is 0.0248. The van der Waals surface area contributed by atoms with E-state index in [1.165, 1.54) is 7.11 Å². The van der Waals surface area contributed by atoms with Crippen LogP contribution >= 0.6 is 11.6 Å². The highest BCUT2D eigenvalue weighted by Crippen LogP contribution is 2.43. The normalized spacial score (nSPS) is 25.3. The Morgan fingerprint density at radius 3 is 2.66 bits per heavy atom. The van der Waals surface area contributed by atoms with E-state index in [1.807, 2.05) is 27.7 Å². The molecule has 1 aromatic heterocycles. The number of methoxy groups -OCH3 is 1. The third-order valence-electron chi connectivity index (χ3n) is 5.73. The fraction of sp³-hybridized carbons (Fsp3) is 0.737. The molecule has 10 heteroatoms. The minimum Gasteiger partial charge on any atom is -0.598 e. The lowest BCUT2D eigenvalue weighted by Crippen LogP contribution is -2.56. The van der Waals surface area contributed by atoms with Crippen LogP contribution in [0.1, 0.15) is 51.0 Å². The van der Waals surface area contributed by atoms with Crippen LogP contribution in [0.25, 0.3) is 0 Å².